The first kappa shape index (κ1) is 11.9. The van der Waals surface area contributed by atoms with Gasteiger partial charge in [0.05, 0.1) is 10.7 Å². The minimum absolute atomic E-state index is 0.120. The number of rotatable bonds is 2. The van der Waals surface area contributed by atoms with Crippen molar-refractivity contribution in [2.45, 2.75) is 5.03 Å². The standard InChI is InChI=1S/C9H7BrN6S/c1-17-8-6(2-11)7(14-9(12)15-8)16-4-5(10)3-13-16/h3-4H,1H3,(H2,12,14,15). The number of nitrogens with zero attached hydrogens (tertiary/aromatic N) is 5. The Balaban J connectivity index is 2.68. The van der Waals surface area contributed by atoms with Crippen molar-refractivity contribution in [1.29, 1.82) is 5.26 Å². The number of thioether (sulfide) groups is 1. The van der Waals surface area contributed by atoms with Crippen molar-refractivity contribution in [2.75, 3.05) is 12.0 Å². The van der Waals surface area contributed by atoms with Gasteiger partial charge in [0.15, 0.2) is 5.82 Å². The highest BCUT2D eigenvalue weighted by atomic mass is 79.9. The maximum Gasteiger partial charge on any atom is 0.223 e. The van der Waals surface area contributed by atoms with Crippen molar-refractivity contribution in [3.63, 3.8) is 0 Å². The molecule has 0 saturated carbocycles. The number of anilines is 1. The number of hydrogen-bond donors (Lipinski definition) is 1. The second-order valence-electron chi connectivity index (χ2n) is 3.00. The summed E-state index contributed by atoms with van der Waals surface area (Å²) in [5, 5.41) is 13.8. The van der Waals surface area contributed by atoms with Crippen LogP contribution in [0.3, 0.4) is 0 Å². The fourth-order valence-electron chi connectivity index (χ4n) is 1.27. The Morgan fingerprint density at radius 2 is 2.29 bits per heavy atom. The van der Waals surface area contributed by atoms with Crippen LogP contribution in [0.1, 0.15) is 5.56 Å². The molecule has 2 aromatic heterocycles. The fraction of sp³-hybridized carbons (Fsp3) is 0.111. The van der Waals surface area contributed by atoms with Crippen molar-refractivity contribution in [3.8, 4) is 11.9 Å². The molecule has 0 unspecified atom stereocenters. The van der Waals surface area contributed by atoms with Crippen LogP contribution in [0.15, 0.2) is 21.9 Å². The Morgan fingerprint density at radius 1 is 1.53 bits per heavy atom. The van der Waals surface area contributed by atoms with Crippen molar-refractivity contribution in [1.82, 2.24) is 19.7 Å². The largest absolute Gasteiger partial charge is 0.368 e. The van der Waals surface area contributed by atoms with Crippen molar-refractivity contribution >= 4 is 33.6 Å². The zero-order chi connectivity index (χ0) is 12.4. The predicted molar refractivity (Wildman–Crippen MR) is 67.8 cm³/mol. The molecule has 0 radical (unpaired) electrons. The third kappa shape index (κ3) is 2.25. The molecule has 0 aromatic carbocycles. The van der Waals surface area contributed by atoms with Crippen LogP contribution in [-0.2, 0) is 0 Å². The van der Waals surface area contributed by atoms with Gasteiger partial charge in [-0.15, -0.1) is 11.8 Å². The zero-order valence-electron chi connectivity index (χ0n) is 8.75. The van der Waals surface area contributed by atoms with Gasteiger partial charge in [0.25, 0.3) is 0 Å². The first-order chi connectivity index (χ1) is 8.15. The highest BCUT2D eigenvalue weighted by molar-refractivity contribution is 9.10. The Kier molecular flexibility index (Phi) is 3.31. The molecule has 0 saturated heterocycles. The molecular weight excluding hydrogens is 304 g/mol. The van der Waals surface area contributed by atoms with E-state index in [1.54, 1.807) is 12.4 Å². The van der Waals surface area contributed by atoms with Gasteiger partial charge in [0, 0.05) is 6.20 Å². The summed E-state index contributed by atoms with van der Waals surface area (Å²) in [6.45, 7) is 0. The molecule has 8 heteroatoms. The summed E-state index contributed by atoms with van der Waals surface area (Å²) in [4.78, 5) is 8.06. The van der Waals surface area contributed by atoms with E-state index in [9.17, 15) is 0 Å². The topological polar surface area (TPSA) is 93.4 Å². The van der Waals surface area contributed by atoms with Crippen LogP contribution in [0.4, 0.5) is 5.95 Å². The van der Waals surface area contributed by atoms with Gasteiger partial charge in [-0.1, -0.05) is 0 Å². The van der Waals surface area contributed by atoms with Gasteiger partial charge in [-0.25, -0.2) is 9.67 Å². The van der Waals surface area contributed by atoms with Crippen LogP contribution in [0, 0.1) is 11.3 Å². The number of halogens is 1. The van der Waals surface area contributed by atoms with Gasteiger partial charge in [-0.2, -0.15) is 15.3 Å². The van der Waals surface area contributed by atoms with E-state index in [1.165, 1.54) is 16.4 Å². The lowest BCUT2D eigenvalue weighted by Gasteiger charge is -2.06. The van der Waals surface area contributed by atoms with Crippen LogP contribution in [-0.4, -0.2) is 26.0 Å². The fourth-order valence-corrected chi connectivity index (χ4v) is 2.08. The van der Waals surface area contributed by atoms with Crippen LogP contribution < -0.4 is 5.73 Å². The minimum Gasteiger partial charge on any atom is -0.368 e. The average molecular weight is 311 g/mol. The summed E-state index contributed by atoms with van der Waals surface area (Å²) in [5.74, 6) is 0.505. The van der Waals surface area contributed by atoms with E-state index in [0.717, 1.165) is 4.47 Å². The smallest absolute Gasteiger partial charge is 0.223 e. The lowest BCUT2D eigenvalue weighted by Crippen LogP contribution is -2.07. The number of hydrogen-bond acceptors (Lipinski definition) is 6. The van der Waals surface area contributed by atoms with E-state index in [2.05, 4.69) is 37.1 Å². The highest BCUT2D eigenvalue weighted by Gasteiger charge is 2.15. The quantitative estimate of drug-likeness (QED) is 0.669. The summed E-state index contributed by atoms with van der Waals surface area (Å²) >= 11 is 4.63. The zero-order valence-corrected chi connectivity index (χ0v) is 11.2. The molecule has 2 heterocycles. The average Bonchev–Trinajstić information content (AvgIpc) is 2.74. The summed E-state index contributed by atoms with van der Waals surface area (Å²) in [6.07, 6.45) is 5.14. The molecule has 0 spiro atoms. The molecule has 0 aliphatic heterocycles. The number of nitriles is 1. The van der Waals surface area contributed by atoms with Gasteiger partial charge in [-0.3, -0.25) is 0 Å². The molecule has 2 N–H and O–H groups in total. The molecule has 0 atom stereocenters. The van der Waals surface area contributed by atoms with Gasteiger partial charge >= 0.3 is 0 Å². The second-order valence-corrected chi connectivity index (χ2v) is 4.72. The van der Waals surface area contributed by atoms with Crippen LogP contribution in [0.2, 0.25) is 0 Å². The lowest BCUT2D eigenvalue weighted by molar-refractivity contribution is 0.825. The molecule has 17 heavy (non-hydrogen) atoms. The van der Waals surface area contributed by atoms with Crippen LogP contribution in [0.5, 0.6) is 0 Å². The molecule has 0 bridgehead atoms. The SMILES string of the molecule is CSc1nc(N)nc(-n2cc(Br)cn2)c1C#N. The molecular formula is C9H7BrN6S. The van der Waals surface area contributed by atoms with Crippen molar-refractivity contribution < 1.29 is 0 Å². The van der Waals surface area contributed by atoms with Crippen molar-refractivity contribution in [3.05, 3.63) is 22.4 Å². The van der Waals surface area contributed by atoms with E-state index in [0.29, 0.717) is 16.4 Å². The summed E-state index contributed by atoms with van der Waals surface area (Å²) < 4.78 is 2.28. The van der Waals surface area contributed by atoms with E-state index in [4.69, 9.17) is 11.0 Å². The Bertz CT molecular complexity index is 602. The predicted octanol–water partition coefficient (Wildman–Crippen LogP) is 1.60. The van der Waals surface area contributed by atoms with Crippen molar-refractivity contribution in [2.24, 2.45) is 0 Å². The lowest BCUT2D eigenvalue weighted by atomic mass is 10.3. The minimum atomic E-state index is 0.120. The summed E-state index contributed by atoms with van der Waals surface area (Å²) in [6, 6.07) is 2.07. The highest BCUT2D eigenvalue weighted by Crippen LogP contribution is 2.23. The molecule has 0 aliphatic carbocycles. The van der Waals surface area contributed by atoms with Crippen LogP contribution >= 0.6 is 27.7 Å². The number of nitrogen functional groups attached to an aromatic ring is 1. The van der Waals surface area contributed by atoms with E-state index in [1.807, 2.05) is 6.26 Å². The third-order valence-corrected chi connectivity index (χ3v) is 3.04. The molecule has 0 fully saturated rings. The maximum absolute atomic E-state index is 9.15. The van der Waals surface area contributed by atoms with Gasteiger partial charge in [-0.05, 0) is 22.2 Å². The molecule has 0 amide bonds. The van der Waals surface area contributed by atoms with Gasteiger partial charge < -0.3 is 5.73 Å². The third-order valence-electron chi connectivity index (χ3n) is 1.95. The molecule has 0 aliphatic rings. The van der Waals surface area contributed by atoms with E-state index < -0.39 is 0 Å². The summed E-state index contributed by atoms with van der Waals surface area (Å²) in [5.41, 5.74) is 5.97. The second kappa shape index (κ2) is 4.73. The van der Waals surface area contributed by atoms with Crippen LogP contribution in [0.25, 0.3) is 5.82 Å². The Labute approximate surface area is 110 Å². The molecule has 2 aromatic rings. The summed E-state index contributed by atoms with van der Waals surface area (Å²) in [7, 11) is 0. The first-order valence-corrected chi connectivity index (χ1v) is 6.49. The van der Waals surface area contributed by atoms with E-state index >= 15 is 0 Å². The molecule has 2 rings (SSSR count). The monoisotopic (exact) mass is 310 g/mol. The van der Waals surface area contributed by atoms with Gasteiger partial charge in [0.2, 0.25) is 5.95 Å². The number of nitrogens with two attached hydrogens (primary N) is 1. The number of aromatic nitrogens is 4. The Morgan fingerprint density at radius 3 is 2.82 bits per heavy atom. The Hall–Kier alpha value is -1.59. The van der Waals surface area contributed by atoms with Gasteiger partial charge in [0.1, 0.15) is 16.7 Å². The maximum atomic E-state index is 9.15. The molecule has 86 valence electrons. The van der Waals surface area contributed by atoms with E-state index in [-0.39, 0.29) is 5.95 Å². The molecule has 6 nitrogen and oxygen atoms in total. The normalized spacial score (nSPS) is 10.2. The first-order valence-electron chi connectivity index (χ1n) is 4.48.